The number of allylic oxidation sites excluding steroid dienone is 1. The van der Waals surface area contributed by atoms with Gasteiger partial charge in [-0.05, 0) is 24.6 Å². The monoisotopic (exact) mass is 351 g/mol. The van der Waals surface area contributed by atoms with Gasteiger partial charge in [-0.2, -0.15) is 0 Å². The van der Waals surface area contributed by atoms with Crippen LogP contribution in [0.4, 0.5) is 0 Å². The van der Waals surface area contributed by atoms with Gasteiger partial charge in [0.15, 0.2) is 11.0 Å². The van der Waals surface area contributed by atoms with Crippen molar-refractivity contribution in [1.82, 2.24) is 14.8 Å². The minimum absolute atomic E-state index is 0.621. The predicted molar refractivity (Wildman–Crippen MR) is 103 cm³/mol. The van der Waals surface area contributed by atoms with Gasteiger partial charge in [-0.25, -0.2) is 0 Å². The summed E-state index contributed by atoms with van der Waals surface area (Å²) in [6, 6.07) is 18.2. The molecule has 1 aromatic heterocycles. The largest absolute Gasteiger partial charge is 0.493 e. The van der Waals surface area contributed by atoms with Crippen LogP contribution in [-0.4, -0.2) is 27.1 Å². The van der Waals surface area contributed by atoms with E-state index in [2.05, 4.69) is 34.3 Å². The van der Waals surface area contributed by atoms with E-state index in [4.69, 9.17) is 4.74 Å². The zero-order chi connectivity index (χ0) is 17.5. The summed E-state index contributed by atoms with van der Waals surface area (Å²) in [6.45, 7) is 7.21. The third-order valence-corrected chi connectivity index (χ3v) is 4.56. The van der Waals surface area contributed by atoms with Gasteiger partial charge >= 0.3 is 0 Å². The molecule has 0 aliphatic rings. The molecule has 0 saturated heterocycles. The van der Waals surface area contributed by atoms with Crippen molar-refractivity contribution in [2.24, 2.45) is 0 Å². The van der Waals surface area contributed by atoms with Crippen LogP contribution >= 0.6 is 11.8 Å². The second kappa shape index (κ2) is 8.53. The molecule has 0 unspecified atom stereocenters. The van der Waals surface area contributed by atoms with Crippen LogP contribution in [0, 0.1) is 6.92 Å². The van der Waals surface area contributed by atoms with Crippen LogP contribution in [0.25, 0.3) is 11.4 Å². The van der Waals surface area contributed by atoms with Crippen LogP contribution in [0.2, 0.25) is 0 Å². The van der Waals surface area contributed by atoms with Crippen molar-refractivity contribution < 1.29 is 4.74 Å². The quantitative estimate of drug-likeness (QED) is 0.337. The summed E-state index contributed by atoms with van der Waals surface area (Å²) in [6.07, 6.45) is 1.86. The number of hydrogen-bond donors (Lipinski definition) is 0. The van der Waals surface area contributed by atoms with Crippen LogP contribution in [0.3, 0.4) is 0 Å². The lowest BCUT2D eigenvalue weighted by molar-refractivity contribution is 0.343. The zero-order valence-corrected chi connectivity index (χ0v) is 15.1. The molecule has 0 aliphatic carbocycles. The highest BCUT2D eigenvalue weighted by atomic mass is 32.2. The smallest absolute Gasteiger partial charge is 0.191 e. The van der Waals surface area contributed by atoms with Crippen molar-refractivity contribution in [3.05, 3.63) is 72.8 Å². The average molecular weight is 351 g/mol. The molecule has 2 aromatic carbocycles. The maximum absolute atomic E-state index is 5.80. The minimum atomic E-state index is 0.621. The molecular weight excluding hydrogens is 330 g/mol. The summed E-state index contributed by atoms with van der Waals surface area (Å²) in [7, 11) is 0. The second-order valence-corrected chi connectivity index (χ2v) is 6.65. The van der Waals surface area contributed by atoms with E-state index in [1.54, 1.807) is 11.8 Å². The van der Waals surface area contributed by atoms with Crippen molar-refractivity contribution in [2.45, 2.75) is 18.6 Å². The molecule has 1 heterocycles. The Balaban J connectivity index is 1.64. The highest BCUT2D eigenvalue weighted by Crippen LogP contribution is 2.24. The molecule has 0 aliphatic heterocycles. The van der Waals surface area contributed by atoms with Crippen molar-refractivity contribution in [3.63, 3.8) is 0 Å². The molecule has 0 radical (unpaired) electrons. The van der Waals surface area contributed by atoms with E-state index in [9.17, 15) is 0 Å². The highest BCUT2D eigenvalue weighted by molar-refractivity contribution is 7.99. The summed E-state index contributed by atoms with van der Waals surface area (Å²) in [4.78, 5) is 0. The van der Waals surface area contributed by atoms with E-state index in [0.717, 1.165) is 28.0 Å². The molecule has 4 nitrogen and oxygen atoms in total. The van der Waals surface area contributed by atoms with Crippen molar-refractivity contribution >= 4 is 11.8 Å². The molecule has 3 aromatic rings. The van der Waals surface area contributed by atoms with E-state index >= 15 is 0 Å². The van der Waals surface area contributed by atoms with Crippen LogP contribution in [0.15, 0.2) is 72.4 Å². The maximum Gasteiger partial charge on any atom is 0.191 e. The molecule has 0 spiro atoms. The lowest BCUT2D eigenvalue weighted by Gasteiger charge is -2.09. The lowest BCUT2D eigenvalue weighted by atomic mass is 10.2. The van der Waals surface area contributed by atoms with Crippen LogP contribution < -0.4 is 4.74 Å². The molecule has 0 N–H and O–H groups in total. The summed E-state index contributed by atoms with van der Waals surface area (Å²) in [5.41, 5.74) is 2.25. The summed E-state index contributed by atoms with van der Waals surface area (Å²) >= 11 is 1.64. The van der Waals surface area contributed by atoms with Crippen molar-refractivity contribution in [3.8, 4) is 17.1 Å². The van der Waals surface area contributed by atoms with Gasteiger partial charge in [0.2, 0.25) is 0 Å². The average Bonchev–Trinajstić information content (AvgIpc) is 3.03. The predicted octanol–water partition coefficient (Wildman–Crippen LogP) is 4.61. The fraction of sp³-hybridized carbons (Fsp3) is 0.200. The van der Waals surface area contributed by atoms with Gasteiger partial charge in [-0.15, -0.1) is 16.8 Å². The maximum atomic E-state index is 5.80. The molecule has 0 atom stereocenters. The number of ether oxygens (including phenoxy) is 1. The summed E-state index contributed by atoms with van der Waals surface area (Å²) in [5.74, 6) is 2.57. The van der Waals surface area contributed by atoms with Gasteiger partial charge in [0, 0.05) is 17.9 Å². The van der Waals surface area contributed by atoms with Crippen LogP contribution in [0.1, 0.15) is 5.56 Å². The Kier molecular flexibility index (Phi) is 5.90. The number of rotatable bonds is 8. The topological polar surface area (TPSA) is 39.9 Å². The molecule has 128 valence electrons. The summed E-state index contributed by atoms with van der Waals surface area (Å²) < 4.78 is 7.88. The first-order chi connectivity index (χ1) is 12.3. The second-order valence-electron chi connectivity index (χ2n) is 5.58. The van der Waals surface area contributed by atoms with Gasteiger partial charge in [0.25, 0.3) is 0 Å². The highest BCUT2D eigenvalue weighted by Gasteiger charge is 2.13. The Morgan fingerprint density at radius 3 is 2.72 bits per heavy atom. The van der Waals surface area contributed by atoms with E-state index < -0.39 is 0 Å². The molecular formula is C20H21N3OS. The van der Waals surface area contributed by atoms with E-state index in [0.29, 0.717) is 13.2 Å². The van der Waals surface area contributed by atoms with E-state index in [-0.39, 0.29) is 0 Å². The minimum Gasteiger partial charge on any atom is -0.493 e. The molecule has 5 heteroatoms. The Hall–Kier alpha value is -2.53. The number of thioether (sulfide) groups is 1. The number of nitrogens with zero attached hydrogens (tertiary/aromatic N) is 3. The molecule has 0 saturated carbocycles. The Labute approximate surface area is 152 Å². The van der Waals surface area contributed by atoms with Crippen LogP contribution in [0.5, 0.6) is 5.75 Å². The Bertz CT molecular complexity index is 830. The normalized spacial score (nSPS) is 10.6. The first-order valence-electron chi connectivity index (χ1n) is 8.19. The standard InChI is InChI=1S/C20H21N3OS/c1-3-12-23-19(17-9-5-4-6-10-17)21-22-20(23)25-14-13-24-18-11-7-8-16(2)15-18/h3-11,15H,1,12-14H2,2H3. The van der Waals surface area contributed by atoms with Crippen molar-refractivity contribution in [2.75, 3.05) is 12.4 Å². The molecule has 0 fully saturated rings. The molecule has 0 bridgehead atoms. The molecule has 0 amide bonds. The first-order valence-corrected chi connectivity index (χ1v) is 9.18. The fourth-order valence-electron chi connectivity index (χ4n) is 2.49. The molecule has 25 heavy (non-hydrogen) atoms. The van der Waals surface area contributed by atoms with Crippen LogP contribution in [-0.2, 0) is 6.54 Å². The van der Waals surface area contributed by atoms with Crippen molar-refractivity contribution in [1.29, 1.82) is 0 Å². The third-order valence-electron chi connectivity index (χ3n) is 3.63. The summed E-state index contributed by atoms with van der Waals surface area (Å²) in [5, 5.41) is 9.58. The SMILES string of the molecule is C=CCn1c(SCCOc2cccc(C)c2)nnc1-c1ccccc1. The van der Waals surface area contributed by atoms with Gasteiger partial charge in [-0.3, -0.25) is 4.57 Å². The lowest BCUT2D eigenvalue weighted by Crippen LogP contribution is -2.04. The van der Waals surface area contributed by atoms with Gasteiger partial charge < -0.3 is 4.74 Å². The number of aromatic nitrogens is 3. The first kappa shape index (κ1) is 17.3. The zero-order valence-electron chi connectivity index (χ0n) is 14.3. The van der Waals surface area contributed by atoms with E-state index in [1.165, 1.54) is 5.56 Å². The fourth-order valence-corrected chi connectivity index (χ4v) is 3.25. The number of benzene rings is 2. The Morgan fingerprint density at radius 1 is 1.12 bits per heavy atom. The van der Waals surface area contributed by atoms with Gasteiger partial charge in [-0.1, -0.05) is 60.3 Å². The number of hydrogen-bond acceptors (Lipinski definition) is 4. The van der Waals surface area contributed by atoms with E-state index in [1.807, 2.05) is 54.6 Å². The van der Waals surface area contributed by atoms with Gasteiger partial charge in [0.1, 0.15) is 5.75 Å². The number of aryl methyl sites for hydroxylation is 1. The molecule has 3 rings (SSSR count). The third kappa shape index (κ3) is 4.51. The van der Waals surface area contributed by atoms with Gasteiger partial charge in [0.05, 0.1) is 6.61 Å². The Morgan fingerprint density at radius 2 is 1.96 bits per heavy atom.